The van der Waals surface area contributed by atoms with Crippen LogP contribution in [0.1, 0.15) is 38.5 Å². The summed E-state index contributed by atoms with van der Waals surface area (Å²) < 4.78 is 17.2. The minimum absolute atomic E-state index is 0.0767. The normalized spacial score (nSPS) is 33.9. The molecule has 1 N–H and O–H groups in total. The van der Waals surface area contributed by atoms with Crippen molar-refractivity contribution >= 4 is 6.03 Å². The van der Waals surface area contributed by atoms with Gasteiger partial charge in [0.1, 0.15) is 0 Å². The van der Waals surface area contributed by atoms with E-state index in [9.17, 15) is 4.79 Å². The first-order valence-electron chi connectivity index (χ1n) is 9.57. The van der Waals surface area contributed by atoms with E-state index in [2.05, 4.69) is 5.32 Å². The first-order valence-corrected chi connectivity index (χ1v) is 9.57. The molecule has 3 saturated heterocycles. The number of carbonyl (C=O) groups excluding carboxylic acids is 1. The van der Waals surface area contributed by atoms with Crippen molar-refractivity contribution < 1.29 is 19.0 Å². The quantitative estimate of drug-likeness (QED) is 0.834. The molecule has 1 aliphatic carbocycles. The Morgan fingerprint density at radius 3 is 2.67 bits per heavy atom. The number of rotatable bonds is 2. The van der Waals surface area contributed by atoms with Gasteiger partial charge in [0, 0.05) is 44.4 Å². The van der Waals surface area contributed by atoms with Gasteiger partial charge in [-0.05, 0) is 44.4 Å². The maximum Gasteiger partial charge on any atom is 0.317 e. The fourth-order valence-electron chi connectivity index (χ4n) is 4.29. The van der Waals surface area contributed by atoms with Gasteiger partial charge in [0.2, 0.25) is 0 Å². The molecule has 2 atom stereocenters. The van der Waals surface area contributed by atoms with E-state index in [1.807, 2.05) is 4.90 Å². The molecule has 6 nitrogen and oxygen atoms in total. The molecule has 0 unspecified atom stereocenters. The Labute approximate surface area is 144 Å². The summed E-state index contributed by atoms with van der Waals surface area (Å²) >= 11 is 0. The SMILES string of the molecule is O=C(N[C@H]1CCO[C@H](C2CC2)C1)N1CCOCC2(CCOCC2)C1. The molecule has 4 fully saturated rings. The summed E-state index contributed by atoms with van der Waals surface area (Å²) in [5, 5.41) is 3.27. The van der Waals surface area contributed by atoms with Crippen LogP contribution in [0.15, 0.2) is 0 Å². The fraction of sp³-hybridized carbons (Fsp3) is 0.944. The van der Waals surface area contributed by atoms with E-state index in [0.717, 1.165) is 64.6 Å². The van der Waals surface area contributed by atoms with Crippen LogP contribution in [0.25, 0.3) is 0 Å². The molecule has 24 heavy (non-hydrogen) atoms. The molecular weight excluding hydrogens is 308 g/mol. The van der Waals surface area contributed by atoms with Crippen molar-refractivity contribution in [2.45, 2.75) is 50.7 Å². The van der Waals surface area contributed by atoms with Gasteiger partial charge < -0.3 is 24.4 Å². The van der Waals surface area contributed by atoms with Gasteiger partial charge >= 0.3 is 6.03 Å². The van der Waals surface area contributed by atoms with Gasteiger partial charge in [-0.25, -0.2) is 4.79 Å². The molecule has 0 aromatic rings. The smallest absolute Gasteiger partial charge is 0.317 e. The number of hydrogen-bond acceptors (Lipinski definition) is 4. The van der Waals surface area contributed by atoms with E-state index in [1.54, 1.807) is 0 Å². The number of urea groups is 1. The molecule has 6 heteroatoms. The van der Waals surface area contributed by atoms with Gasteiger partial charge in [-0.15, -0.1) is 0 Å². The third kappa shape index (κ3) is 3.86. The van der Waals surface area contributed by atoms with Crippen LogP contribution in [-0.2, 0) is 14.2 Å². The van der Waals surface area contributed by atoms with Gasteiger partial charge in [0.05, 0.1) is 19.3 Å². The molecule has 0 aromatic carbocycles. The molecule has 4 aliphatic rings. The average molecular weight is 338 g/mol. The number of ether oxygens (including phenoxy) is 3. The molecule has 2 amide bonds. The Morgan fingerprint density at radius 2 is 1.88 bits per heavy atom. The van der Waals surface area contributed by atoms with E-state index in [4.69, 9.17) is 14.2 Å². The largest absolute Gasteiger partial charge is 0.381 e. The Morgan fingerprint density at radius 1 is 1.04 bits per heavy atom. The predicted molar refractivity (Wildman–Crippen MR) is 88.9 cm³/mol. The third-order valence-corrected chi connectivity index (χ3v) is 6.07. The van der Waals surface area contributed by atoms with Crippen LogP contribution < -0.4 is 5.32 Å². The highest BCUT2D eigenvalue weighted by atomic mass is 16.5. The first kappa shape index (κ1) is 16.6. The second kappa shape index (κ2) is 7.18. The van der Waals surface area contributed by atoms with Crippen LogP contribution >= 0.6 is 0 Å². The highest BCUT2D eigenvalue weighted by molar-refractivity contribution is 5.74. The number of hydrogen-bond donors (Lipinski definition) is 1. The zero-order valence-electron chi connectivity index (χ0n) is 14.5. The lowest BCUT2D eigenvalue weighted by molar-refractivity contribution is -0.0300. The number of carbonyl (C=O) groups is 1. The van der Waals surface area contributed by atoms with Gasteiger partial charge in [-0.3, -0.25) is 0 Å². The molecule has 0 radical (unpaired) electrons. The lowest BCUT2D eigenvalue weighted by Gasteiger charge is -2.39. The highest BCUT2D eigenvalue weighted by Gasteiger charge is 2.39. The second-order valence-corrected chi connectivity index (χ2v) is 8.00. The van der Waals surface area contributed by atoms with E-state index < -0.39 is 0 Å². The molecule has 3 heterocycles. The van der Waals surface area contributed by atoms with Crippen molar-refractivity contribution in [2.24, 2.45) is 11.3 Å². The summed E-state index contributed by atoms with van der Waals surface area (Å²) in [5.74, 6) is 0.738. The van der Waals surface area contributed by atoms with Gasteiger partial charge in [-0.2, -0.15) is 0 Å². The van der Waals surface area contributed by atoms with Crippen LogP contribution in [0.2, 0.25) is 0 Å². The molecule has 0 bridgehead atoms. The van der Waals surface area contributed by atoms with Crippen LogP contribution in [0, 0.1) is 11.3 Å². The zero-order chi connectivity index (χ0) is 16.4. The molecule has 4 rings (SSSR count). The molecule has 0 aromatic heterocycles. The van der Waals surface area contributed by atoms with Crippen LogP contribution in [-0.4, -0.2) is 69.2 Å². The molecule has 3 aliphatic heterocycles. The standard InChI is InChI=1S/C18H30N2O4/c21-17(19-15-3-7-24-16(11-15)14-1-2-14)20-6-10-23-13-18(12-20)4-8-22-9-5-18/h14-16H,1-13H2,(H,19,21)/t15-,16-/m0/s1. The molecule has 1 saturated carbocycles. The van der Waals surface area contributed by atoms with E-state index in [1.165, 1.54) is 12.8 Å². The molecule has 1 spiro atoms. The summed E-state index contributed by atoms with van der Waals surface area (Å²) in [6.07, 6.45) is 6.81. The summed E-state index contributed by atoms with van der Waals surface area (Å²) in [5.41, 5.74) is 0.0817. The van der Waals surface area contributed by atoms with Crippen LogP contribution in [0.4, 0.5) is 4.79 Å². The van der Waals surface area contributed by atoms with E-state index in [0.29, 0.717) is 19.3 Å². The van der Waals surface area contributed by atoms with E-state index in [-0.39, 0.29) is 17.5 Å². The lowest BCUT2D eigenvalue weighted by Crippen LogP contribution is -2.52. The fourth-order valence-corrected chi connectivity index (χ4v) is 4.29. The predicted octanol–water partition coefficient (Wildman–Crippen LogP) is 1.78. The van der Waals surface area contributed by atoms with Crippen LogP contribution in [0.5, 0.6) is 0 Å². The summed E-state index contributed by atoms with van der Waals surface area (Å²) in [6.45, 7) is 5.19. The van der Waals surface area contributed by atoms with Crippen molar-refractivity contribution in [2.75, 3.05) is 46.1 Å². The minimum Gasteiger partial charge on any atom is -0.381 e. The van der Waals surface area contributed by atoms with Crippen molar-refractivity contribution in [3.63, 3.8) is 0 Å². The topological polar surface area (TPSA) is 60.0 Å². The zero-order valence-corrected chi connectivity index (χ0v) is 14.5. The average Bonchev–Trinajstić information content (AvgIpc) is 3.44. The van der Waals surface area contributed by atoms with Gasteiger partial charge in [0.15, 0.2) is 0 Å². The minimum atomic E-state index is 0.0767. The molecular formula is C18H30N2O4. The maximum absolute atomic E-state index is 12.8. The summed E-state index contributed by atoms with van der Waals surface area (Å²) in [7, 11) is 0. The van der Waals surface area contributed by atoms with E-state index >= 15 is 0 Å². The number of amides is 2. The monoisotopic (exact) mass is 338 g/mol. The third-order valence-electron chi connectivity index (χ3n) is 6.07. The Bertz CT molecular complexity index is 448. The highest BCUT2D eigenvalue weighted by Crippen LogP contribution is 2.38. The van der Waals surface area contributed by atoms with Gasteiger partial charge in [0.25, 0.3) is 0 Å². The Balaban J connectivity index is 1.34. The number of nitrogens with one attached hydrogen (secondary N) is 1. The second-order valence-electron chi connectivity index (χ2n) is 8.00. The van der Waals surface area contributed by atoms with Crippen molar-refractivity contribution in [1.82, 2.24) is 10.2 Å². The van der Waals surface area contributed by atoms with Crippen molar-refractivity contribution in [1.29, 1.82) is 0 Å². The Hall–Kier alpha value is -0.850. The number of nitrogens with zero attached hydrogens (tertiary/aromatic N) is 1. The molecule has 136 valence electrons. The van der Waals surface area contributed by atoms with Crippen molar-refractivity contribution in [3.8, 4) is 0 Å². The maximum atomic E-state index is 12.8. The van der Waals surface area contributed by atoms with Gasteiger partial charge in [-0.1, -0.05) is 0 Å². The Kier molecular flexibility index (Phi) is 4.97. The summed E-state index contributed by atoms with van der Waals surface area (Å²) in [4.78, 5) is 14.8. The van der Waals surface area contributed by atoms with Crippen molar-refractivity contribution in [3.05, 3.63) is 0 Å². The summed E-state index contributed by atoms with van der Waals surface area (Å²) in [6, 6.07) is 0.333. The first-order chi connectivity index (χ1) is 11.7. The van der Waals surface area contributed by atoms with Crippen LogP contribution in [0.3, 0.4) is 0 Å². The lowest BCUT2D eigenvalue weighted by atomic mass is 9.80.